The normalized spacial score (nSPS) is 22.0. The van der Waals surface area contributed by atoms with Gasteiger partial charge in [0.2, 0.25) is 5.91 Å². The van der Waals surface area contributed by atoms with Crippen molar-refractivity contribution in [1.29, 1.82) is 0 Å². The standard InChI is InChI=1S/C22H23N3O3S/c26-22(23-18-11-10-15-5-3-6-16(15)13-18)17-7-4-12-25(14-17)21-19-8-1-2-9-20(19)29(27,28)24-21/h1-2,8-11,13,17H,3-7,12,14H2,(H,23,26). The van der Waals surface area contributed by atoms with Gasteiger partial charge >= 0.3 is 0 Å². The van der Waals surface area contributed by atoms with E-state index in [-0.39, 0.29) is 16.7 Å². The SMILES string of the molecule is O=C(Nc1ccc2c(c1)CCC2)C1CCCN(C2=NS(=O)(=O)c3ccccc32)C1. The maximum atomic E-state index is 12.9. The van der Waals surface area contributed by atoms with Gasteiger partial charge in [-0.05, 0) is 67.5 Å². The number of benzene rings is 2. The number of amidine groups is 1. The number of rotatable bonds is 2. The van der Waals surface area contributed by atoms with E-state index in [0.29, 0.717) is 24.5 Å². The molecule has 29 heavy (non-hydrogen) atoms. The number of carbonyl (C=O) groups is 1. The van der Waals surface area contributed by atoms with Gasteiger partial charge < -0.3 is 10.2 Å². The van der Waals surface area contributed by atoms with Crippen LogP contribution in [0.3, 0.4) is 0 Å². The van der Waals surface area contributed by atoms with Gasteiger partial charge in [0.1, 0.15) is 4.90 Å². The fourth-order valence-corrected chi connectivity index (χ4v) is 5.82. The molecule has 3 aliphatic rings. The second-order valence-corrected chi connectivity index (χ2v) is 9.57. The molecule has 0 spiro atoms. The van der Waals surface area contributed by atoms with E-state index in [9.17, 15) is 13.2 Å². The number of hydrogen-bond acceptors (Lipinski definition) is 4. The quantitative estimate of drug-likeness (QED) is 0.827. The number of aryl methyl sites for hydroxylation is 2. The molecular weight excluding hydrogens is 386 g/mol. The molecule has 1 fully saturated rings. The van der Waals surface area contributed by atoms with E-state index < -0.39 is 10.0 Å². The minimum absolute atomic E-state index is 0.0117. The number of fused-ring (bicyclic) bond motifs is 2. The molecule has 0 radical (unpaired) electrons. The topological polar surface area (TPSA) is 78.8 Å². The first-order chi connectivity index (χ1) is 14.0. The molecule has 150 valence electrons. The highest BCUT2D eigenvalue weighted by Gasteiger charge is 2.35. The largest absolute Gasteiger partial charge is 0.355 e. The Morgan fingerprint density at radius 1 is 1.07 bits per heavy atom. The summed E-state index contributed by atoms with van der Waals surface area (Å²) in [5, 5.41) is 3.06. The number of likely N-dealkylation sites (tertiary alicyclic amines) is 1. The van der Waals surface area contributed by atoms with Crippen molar-refractivity contribution in [1.82, 2.24) is 4.90 Å². The second kappa shape index (κ2) is 6.99. The molecule has 1 unspecified atom stereocenters. The summed E-state index contributed by atoms with van der Waals surface area (Å²) >= 11 is 0. The highest BCUT2D eigenvalue weighted by Crippen LogP contribution is 2.30. The third-order valence-electron chi connectivity index (χ3n) is 6.07. The first-order valence-corrected chi connectivity index (χ1v) is 11.6. The zero-order valence-corrected chi connectivity index (χ0v) is 16.9. The molecule has 1 atom stereocenters. The van der Waals surface area contributed by atoms with Crippen LogP contribution >= 0.6 is 0 Å². The molecule has 1 N–H and O–H groups in total. The minimum Gasteiger partial charge on any atom is -0.355 e. The van der Waals surface area contributed by atoms with Crippen LogP contribution in [-0.4, -0.2) is 38.2 Å². The van der Waals surface area contributed by atoms with Crippen LogP contribution in [0.1, 0.15) is 36.0 Å². The fourth-order valence-electron chi connectivity index (χ4n) is 4.59. The Balaban J connectivity index is 1.33. The Morgan fingerprint density at radius 2 is 1.90 bits per heavy atom. The van der Waals surface area contributed by atoms with E-state index in [4.69, 9.17) is 0 Å². The molecule has 1 aliphatic carbocycles. The minimum atomic E-state index is -3.65. The number of amides is 1. The smallest absolute Gasteiger partial charge is 0.285 e. The Hall–Kier alpha value is -2.67. The van der Waals surface area contributed by atoms with Gasteiger partial charge in [0.05, 0.1) is 5.92 Å². The van der Waals surface area contributed by atoms with Gasteiger partial charge in [-0.1, -0.05) is 18.2 Å². The lowest BCUT2D eigenvalue weighted by molar-refractivity contribution is -0.121. The lowest BCUT2D eigenvalue weighted by Crippen LogP contribution is -2.43. The van der Waals surface area contributed by atoms with Crippen molar-refractivity contribution in [3.05, 3.63) is 59.2 Å². The molecule has 1 amide bonds. The zero-order valence-electron chi connectivity index (χ0n) is 16.1. The van der Waals surface area contributed by atoms with Crippen LogP contribution in [0.2, 0.25) is 0 Å². The number of nitrogens with zero attached hydrogens (tertiary/aromatic N) is 2. The van der Waals surface area contributed by atoms with E-state index in [0.717, 1.165) is 31.4 Å². The third-order valence-corrected chi connectivity index (χ3v) is 7.40. The van der Waals surface area contributed by atoms with Crippen molar-refractivity contribution < 1.29 is 13.2 Å². The van der Waals surface area contributed by atoms with Crippen molar-refractivity contribution >= 4 is 27.5 Å². The number of hydrogen-bond donors (Lipinski definition) is 1. The highest BCUT2D eigenvalue weighted by molar-refractivity contribution is 7.90. The van der Waals surface area contributed by atoms with Crippen molar-refractivity contribution in [2.24, 2.45) is 10.3 Å². The highest BCUT2D eigenvalue weighted by atomic mass is 32.2. The van der Waals surface area contributed by atoms with Gasteiger partial charge in [0, 0.05) is 24.3 Å². The van der Waals surface area contributed by atoms with E-state index in [1.807, 2.05) is 17.0 Å². The van der Waals surface area contributed by atoms with E-state index in [1.54, 1.807) is 18.2 Å². The molecule has 0 bridgehead atoms. The van der Waals surface area contributed by atoms with Crippen molar-refractivity contribution in [3.8, 4) is 0 Å². The fraction of sp³-hybridized carbons (Fsp3) is 0.364. The summed E-state index contributed by atoms with van der Waals surface area (Å²) in [5.74, 6) is 0.258. The lowest BCUT2D eigenvalue weighted by atomic mass is 9.96. The Kier molecular flexibility index (Phi) is 4.42. The van der Waals surface area contributed by atoms with Gasteiger partial charge in [0.15, 0.2) is 5.84 Å². The molecule has 2 heterocycles. The van der Waals surface area contributed by atoms with Crippen molar-refractivity contribution in [2.45, 2.75) is 37.0 Å². The van der Waals surface area contributed by atoms with Crippen LogP contribution in [0.25, 0.3) is 0 Å². The van der Waals surface area contributed by atoms with Gasteiger partial charge in [-0.3, -0.25) is 4.79 Å². The summed E-state index contributed by atoms with van der Waals surface area (Å²) in [7, 11) is -3.65. The van der Waals surface area contributed by atoms with Crippen LogP contribution < -0.4 is 5.32 Å². The monoisotopic (exact) mass is 409 g/mol. The summed E-state index contributed by atoms with van der Waals surface area (Å²) in [4.78, 5) is 15.1. The van der Waals surface area contributed by atoms with Crippen LogP contribution in [-0.2, 0) is 27.7 Å². The van der Waals surface area contributed by atoms with Gasteiger partial charge in [-0.15, -0.1) is 4.40 Å². The van der Waals surface area contributed by atoms with Gasteiger partial charge in [0.25, 0.3) is 10.0 Å². The van der Waals surface area contributed by atoms with Crippen LogP contribution in [0.4, 0.5) is 5.69 Å². The lowest BCUT2D eigenvalue weighted by Gasteiger charge is -2.33. The summed E-state index contributed by atoms with van der Waals surface area (Å²) in [6.45, 7) is 1.17. The first-order valence-electron chi connectivity index (χ1n) is 10.1. The Bertz CT molecular complexity index is 1120. The molecule has 2 aromatic carbocycles. The average Bonchev–Trinajstić information content (AvgIpc) is 3.30. The molecule has 0 saturated carbocycles. The molecule has 2 aromatic rings. The number of nitrogens with one attached hydrogen (secondary N) is 1. The molecule has 7 heteroatoms. The Labute approximate surface area is 170 Å². The molecule has 0 aromatic heterocycles. The van der Waals surface area contributed by atoms with Crippen molar-refractivity contribution in [3.63, 3.8) is 0 Å². The average molecular weight is 410 g/mol. The number of anilines is 1. The van der Waals surface area contributed by atoms with Crippen LogP contribution in [0, 0.1) is 5.92 Å². The third kappa shape index (κ3) is 3.33. The summed E-state index contributed by atoms with van der Waals surface area (Å²) in [6.07, 6.45) is 4.98. The predicted octanol–water partition coefficient (Wildman–Crippen LogP) is 2.97. The summed E-state index contributed by atoms with van der Waals surface area (Å²) < 4.78 is 28.7. The molecule has 1 saturated heterocycles. The number of piperidine rings is 1. The van der Waals surface area contributed by atoms with E-state index in [2.05, 4.69) is 21.8 Å². The maximum Gasteiger partial charge on any atom is 0.285 e. The predicted molar refractivity (Wildman–Crippen MR) is 112 cm³/mol. The first kappa shape index (κ1) is 18.4. The second-order valence-electron chi connectivity index (χ2n) is 8.00. The summed E-state index contributed by atoms with van der Waals surface area (Å²) in [6, 6.07) is 13.1. The molecule has 2 aliphatic heterocycles. The van der Waals surface area contributed by atoms with E-state index >= 15 is 0 Å². The van der Waals surface area contributed by atoms with Crippen molar-refractivity contribution in [2.75, 3.05) is 18.4 Å². The van der Waals surface area contributed by atoms with E-state index in [1.165, 1.54) is 17.5 Å². The van der Waals surface area contributed by atoms with Gasteiger partial charge in [-0.25, -0.2) is 0 Å². The van der Waals surface area contributed by atoms with Crippen LogP contribution in [0.15, 0.2) is 51.8 Å². The van der Waals surface area contributed by atoms with Gasteiger partial charge in [-0.2, -0.15) is 8.42 Å². The zero-order chi connectivity index (χ0) is 20.0. The molecule has 5 rings (SSSR count). The summed E-state index contributed by atoms with van der Waals surface area (Å²) in [5.41, 5.74) is 4.19. The number of sulfonamides is 1. The maximum absolute atomic E-state index is 12.9. The molecule has 6 nitrogen and oxygen atoms in total. The Morgan fingerprint density at radius 3 is 2.79 bits per heavy atom. The van der Waals surface area contributed by atoms with Crippen LogP contribution in [0.5, 0.6) is 0 Å². The number of carbonyl (C=O) groups excluding carboxylic acids is 1. The molecular formula is C22H23N3O3S.